The SMILES string of the molecule is Cc1ccc(C(=O)[C@H](C)OC(=O)c2ccc(OCc3c(C)noc3C)cc2)cc1. The third-order valence-electron chi connectivity index (χ3n) is 4.64. The Morgan fingerprint density at radius 2 is 1.59 bits per heavy atom. The molecule has 0 aliphatic rings. The number of aromatic nitrogens is 1. The highest BCUT2D eigenvalue weighted by Crippen LogP contribution is 2.19. The number of ether oxygens (including phenoxy) is 2. The van der Waals surface area contributed by atoms with Gasteiger partial charge in [0.25, 0.3) is 0 Å². The first-order chi connectivity index (χ1) is 13.8. The van der Waals surface area contributed by atoms with Crippen molar-refractivity contribution in [1.29, 1.82) is 0 Å². The Morgan fingerprint density at radius 3 is 2.17 bits per heavy atom. The van der Waals surface area contributed by atoms with Gasteiger partial charge in [-0.15, -0.1) is 0 Å². The summed E-state index contributed by atoms with van der Waals surface area (Å²) >= 11 is 0. The van der Waals surface area contributed by atoms with E-state index in [1.54, 1.807) is 43.3 Å². The lowest BCUT2D eigenvalue weighted by Gasteiger charge is -2.13. The number of carbonyl (C=O) groups excluding carboxylic acids is 2. The summed E-state index contributed by atoms with van der Waals surface area (Å²) in [6.45, 7) is 7.53. The highest BCUT2D eigenvalue weighted by molar-refractivity contribution is 6.01. The summed E-state index contributed by atoms with van der Waals surface area (Å²) in [4.78, 5) is 24.8. The Morgan fingerprint density at radius 1 is 0.966 bits per heavy atom. The largest absolute Gasteiger partial charge is 0.489 e. The van der Waals surface area contributed by atoms with Gasteiger partial charge in [-0.3, -0.25) is 4.79 Å². The maximum absolute atomic E-state index is 12.4. The number of esters is 1. The smallest absolute Gasteiger partial charge is 0.338 e. The van der Waals surface area contributed by atoms with Crippen LogP contribution in [0.3, 0.4) is 0 Å². The molecule has 1 aromatic heterocycles. The Hall–Kier alpha value is -3.41. The standard InChI is InChI=1S/C23H23NO5/c1-14-5-7-18(8-6-14)22(25)17(4)28-23(26)19-9-11-20(12-10-19)27-13-21-15(2)24-29-16(21)3/h5-12,17H,13H2,1-4H3/t17-/m0/s1. The van der Waals surface area contributed by atoms with Crippen LogP contribution in [-0.4, -0.2) is 23.0 Å². The Labute approximate surface area is 169 Å². The number of hydrogen-bond acceptors (Lipinski definition) is 6. The van der Waals surface area contributed by atoms with Crippen LogP contribution >= 0.6 is 0 Å². The molecular weight excluding hydrogens is 370 g/mol. The molecule has 0 spiro atoms. The van der Waals surface area contributed by atoms with Crippen LogP contribution in [0, 0.1) is 20.8 Å². The van der Waals surface area contributed by atoms with Crippen molar-refractivity contribution < 1.29 is 23.6 Å². The van der Waals surface area contributed by atoms with Crippen LogP contribution in [0.1, 0.15) is 50.2 Å². The second-order valence-electron chi connectivity index (χ2n) is 6.89. The Balaban J connectivity index is 1.58. The summed E-state index contributed by atoms with van der Waals surface area (Å²) in [6.07, 6.45) is -0.874. The van der Waals surface area contributed by atoms with Gasteiger partial charge in [0.1, 0.15) is 18.1 Å². The average Bonchev–Trinajstić information content (AvgIpc) is 3.04. The molecule has 0 aliphatic heterocycles. The van der Waals surface area contributed by atoms with Crippen LogP contribution in [0.5, 0.6) is 5.75 Å². The second kappa shape index (κ2) is 8.73. The van der Waals surface area contributed by atoms with E-state index >= 15 is 0 Å². The summed E-state index contributed by atoms with van der Waals surface area (Å²) < 4.78 is 16.2. The van der Waals surface area contributed by atoms with E-state index in [2.05, 4.69) is 5.16 Å². The van der Waals surface area contributed by atoms with Crippen LogP contribution in [0.15, 0.2) is 53.1 Å². The summed E-state index contributed by atoms with van der Waals surface area (Å²) in [5.41, 5.74) is 3.60. The van der Waals surface area contributed by atoms with Gasteiger partial charge in [0, 0.05) is 5.56 Å². The highest BCUT2D eigenvalue weighted by Gasteiger charge is 2.20. The molecule has 1 atom stereocenters. The number of rotatable bonds is 7. The molecule has 6 nitrogen and oxygen atoms in total. The van der Waals surface area contributed by atoms with Gasteiger partial charge < -0.3 is 14.0 Å². The highest BCUT2D eigenvalue weighted by atomic mass is 16.5. The van der Waals surface area contributed by atoms with Gasteiger partial charge in [-0.2, -0.15) is 0 Å². The third-order valence-corrected chi connectivity index (χ3v) is 4.64. The minimum Gasteiger partial charge on any atom is -0.489 e. The predicted molar refractivity (Wildman–Crippen MR) is 107 cm³/mol. The first kappa shape index (κ1) is 20.3. The molecule has 6 heteroatoms. The van der Waals surface area contributed by atoms with E-state index in [0.717, 1.165) is 22.6 Å². The van der Waals surface area contributed by atoms with Crippen molar-refractivity contribution in [2.75, 3.05) is 0 Å². The molecule has 0 saturated heterocycles. The molecule has 0 N–H and O–H groups in total. The monoisotopic (exact) mass is 393 g/mol. The molecule has 3 aromatic rings. The number of nitrogens with zero attached hydrogens (tertiary/aromatic N) is 1. The summed E-state index contributed by atoms with van der Waals surface area (Å²) in [5, 5.41) is 3.89. The van der Waals surface area contributed by atoms with Crippen molar-refractivity contribution in [1.82, 2.24) is 5.16 Å². The van der Waals surface area contributed by atoms with Crippen molar-refractivity contribution in [3.8, 4) is 5.75 Å². The minimum atomic E-state index is -0.874. The van der Waals surface area contributed by atoms with Crippen LogP contribution in [-0.2, 0) is 11.3 Å². The normalized spacial score (nSPS) is 11.7. The van der Waals surface area contributed by atoms with E-state index < -0.39 is 12.1 Å². The maximum Gasteiger partial charge on any atom is 0.338 e. The predicted octanol–water partition coefficient (Wildman–Crippen LogP) is 4.61. The number of hydrogen-bond donors (Lipinski definition) is 0. The van der Waals surface area contributed by atoms with Crippen molar-refractivity contribution >= 4 is 11.8 Å². The second-order valence-corrected chi connectivity index (χ2v) is 6.89. The van der Waals surface area contributed by atoms with Gasteiger partial charge in [0.2, 0.25) is 5.78 Å². The fourth-order valence-electron chi connectivity index (χ4n) is 2.79. The number of ketones is 1. The number of aryl methyl sites for hydroxylation is 3. The van der Waals surface area contributed by atoms with E-state index in [-0.39, 0.29) is 5.78 Å². The average molecular weight is 393 g/mol. The molecule has 0 amide bonds. The molecule has 0 bridgehead atoms. The zero-order valence-electron chi connectivity index (χ0n) is 16.9. The summed E-state index contributed by atoms with van der Waals surface area (Å²) in [6, 6.07) is 13.7. The van der Waals surface area contributed by atoms with Crippen molar-refractivity contribution in [3.63, 3.8) is 0 Å². The first-order valence-corrected chi connectivity index (χ1v) is 9.31. The van der Waals surface area contributed by atoms with Crippen LogP contribution in [0.4, 0.5) is 0 Å². The lowest BCUT2D eigenvalue weighted by atomic mass is 10.1. The van der Waals surface area contributed by atoms with Crippen molar-refractivity contribution in [2.45, 2.75) is 40.4 Å². The van der Waals surface area contributed by atoms with E-state index in [1.807, 2.05) is 32.9 Å². The molecule has 1 heterocycles. The number of carbonyl (C=O) groups is 2. The van der Waals surface area contributed by atoms with E-state index in [1.165, 1.54) is 0 Å². The molecule has 0 saturated carbocycles. The van der Waals surface area contributed by atoms with E-state index in [4.69, 9.17) is 14.0 Å². The van der Waals surface area contributed by atoms with Gasteiger partial charge in [-0.25, -0.2) is 4.79 Å². The molecule has 0 radical (unpaired) electrons. The van der Waals surface area contributed by atoms with Crippen LogP contribution in [0.2, 0.25) is 0 Å². The van der Waals surface area contributed by atoms with Gasteiger partial charge in [-0.05, 0) is 52.0 Å². The fourth-order valence-corrected chi connectivity index (χ4v) is 2.79. The summed E-state index contributed by atoms with van der Waals surface area (Å²) in [7, 11) is 0. The Bertz CT molecular complexity index is 983. The third kappa shape index (κ3) is 4.90. The topological polar surface area (TPSA) is 78.6 Å². The van der Waals surface area contributed by atoms with Crippen molar-refractivity contribution in [3.05, 3.63) is 82.2 Å². The minimum absolute atomic E-state index is 0.238. The lowest BCUT2D eigenvalue weighted by Crippen LogP contribution is -2.24. The lowest BCUT2D eigenvalue weighted by molar-refractivity contribution is 0.0319. The van der Waals surface area contributed by atoms with Gasteiger partial charge in [0.05, 0.1) is 16.8 Å². The van der Waals surface area contributed by atoms with Crippen molar-refractivity contribution in [2.24, 2.45) is 0 Å². The Kier molecular flexibility index (Phi) is 6.12. The molecule has 0 fully saturated rings. The van der Waals surface area contributed by atoms with E-state index in [0.29, 0.717) is 23.5 Å². The summed E-state index contributed by atoms with van der Waals surface area (Å²) in [5.74, 6) is 0.522. The quantitative estimate of drug-likeness (QED) is 0.431. The van der Waals surface area contributed by atoms with Crippen LogP contribution in [0.25, 0.3) is 0 Å². The molecule has 0 aliphatic carbocycles. The number of benzene rings is 2. The fraction of sp³-hybridized carbons (Fsp3) is 0.261. The van der Waals surface area contributed by atoms with Crippen LogP contribution < -0.4 is 4.74 Å². The molecular formula is C23H23NO5. The van der Waals surface area contributed by atoms with Gasteiger partial charge in [0.15, 0.2) is 6.10 Å². The molecule has 29 heavy (non-hydrogen) atoms. The molecule has 3 rings (SSSR count). The zero-order chi connectivity index (χ0) is 21.0. The maximum atomic E-state index is 12.4. The van der Waals surface area contributed by atoms with E-state index in [9.17, 15) is 9.59 Å². The van der Waals surface area contributed by atoms with Gasteiger partial charge in [-0.1, -0.05) is 35.0 Å². The molecule has 2 aromatic carbocycles. The van der Waals surface area contributed by atoms with Gasteiger partial charge >= 0.3 is 5.97 Å². The molecule has 150 valence electrons. The first-order valence-electron chi connectivity index (χ1n) is 9.31. The number of Topliss-reactive ketones (excluding diaryl/α,β-unsaturated/α-hetero) is 1. The zero-order valence-corrected chi connectivity index (χ0v) is 16.9. The molecule has 0 unspecified atom stereocenters.